The minimum Gasteiger partial charge on any atom is -0.385 e. The van der Waals surface area contributed by atoms with E-state index in [9.17, 15) is 0 Å². The molecule has 1 atom stereocenters. The molecule has 0 aliphatic rings. The number of benzene rings is 1. The SMILES string of the molecule is CCc1nncn1CCNC(=NCCCOC)NC(C)c1ccc(CC(C)C)cc1.I. The Bertz CT molecular complexity index is 760. The lowest BCUT2D eigenvalue weighted by Crippen LogP contribution is -2.40. The lowest BCUT2D eigenvalue weighted by molar-refractivity contribution is 0.197. The molecule has 0 fully saturated rings. The first-order chi connectivity index (χ1) is 14.5. The van der Waals surface area contributed by atoms with E-state index in [0.29, 0.717) is 12.5 Å². The van der Waals surface area contributed by atoms with Crippen molar-refractivity contribution in [2.45, 2.75) is 59.5 Å². The van der Waals surface area contributed by atoms with Gasteiger partial charge in [-0.05, 0) is 36.8 Å². The van der Waals surface area contributed by atoms with Crippen LogP contribution in [-0.2, 0) is 24.1 Å². The maximum atomic E-state index is 5.14. The Labute approximate surface area is 204 Å². The number of methoxy groups -OCH3 is 1. The number of hydrogen-bond acceptors (Lipinski definition) is 4. The fourth-order valence-electron chi connectivity index (χ4n) is 3.29. The lowest BCUT2D eigenvalue weighted by Gasteiger charge is -2.19. The van der Waals surface area contributed by atoms with Crippen LogP contribution in [0.5, 0.6) is 0 Å². The van der Waals surface area contributed by atoms with Crippen molar-refractivity contribution < 1.29 is 4.74 Å². The van der Waals surface area contributed by atoms with Gasteiger partial charge in [0.2, 0.25) is 0 Å². The molecule has 1 heterocycles. The average Bonchev–Trinajstić information content (AvgIpc) is 3.18. The van der Waals surface area contributed by atoms with Crippen molar-refractivity contribution in [1.29, 1.82) is 0 Å². The summed E-state index contributed by atoms with van der Waals surface area (Å²) < 4.78 is 7.22. The normalized spacial score (nSPS) is 12.5. The Morgan fingerprint density at radius 1 is 1.19 bits per heavy atom. The van der Waals surface area contributed by atoms with Crippen molar-refractivity contribution >= 4 is 29.9 Å². The minimum atomic E-state index is 0. The van der Waals surface area contributed by atoms with Crippen LogP contribution >= 0.6 is 24.0 Å². The summed E-state index contributed by atoms with van der Waals surface area (Å²) in [6.07, 6.45) is 4.66. The van der Waals surface area contributed by atoms with Gasteiger partial charge in [0, 0.05) is 39.8 Å². The molecular formula is C23H39IN6O. The van der Waals surface area contributed by atoms with Gasteiger partial charge < -0.3 is 19.9 Å². The number of nitrogens with zero attached hydrogens (tertiary/aromatic N) is 4. The van der Waals surface area contributed by atoms with Gasteiger partial charge in [-0.15, -0.1) is 34.2 Å². The molecule has 0 amide bonds. The summed E-state index contributed by atoms with van der Waals surface area (Å²) in [6.45, 7) is 11.7. The summed E-state index contributed by atoms with van der Waals surface area (Å²) >= 11 is 0. The third kappa shape index (κ3) is 9.99. The first-order valence-corrected chi connectivity index (χ1v) is 11.0. The summed E-state index contributed by atoms with van der Waals surface area (Å²) in [5, 5.41) is 15.1. The number of rotatable bonds is 12. The molecule has 0 radical (unpaired) electrons. The monoisotopic (exact) mass is 542 g/mol. The van der Waals surface area contributed by atoms with Gasteiger partial charge in [-0.1, -0.05) is 45.0 Å². The minimum absolute atomic E-state index is 0. The Balaban J connectivity index is 0.00000480. The predicted molar refractivity (Wildman–Crippen MR) is 138 cm³/mol. The van der Waals surface area contributed by atoms with E-state index in [1.165, 1.54) is 11.1 Å². The first-order valence-electron chi connectivity index (χ1n) is 11.0. The van der Waals surface area contributed by atoms with Crippen LogP contribution in [0.15, 0.2) is 35.6 Å². The molecule has 1 aromatic heterocycles. The van der Waals surface area contributed by atoms with Crippen LogP contribution < -0.4 is 10.6 Å². The van der Waals surface area contributed by atoms with Crippen LogP contribution in [0.4, 0.5) is 0 Å². The standard InChI is InChI=1S/C23H38N6O.HI/c1-6-22-28-26-17-29(22)14-13-25-23(24-12-7-15-30-5)27-19(4)21-10-8-20(9-11-21)16-18(2)3;/h8-11,17-19H,6-7,12-16H2,1-5H3,(H2,24,25,27);1H. The molecule has 31 heavy (non-hydrogen) atoms. The van der Waals surface area contributed by atoms with Gasteiger partial charge in [-0.2, -0.15) is 0 Å². The number of guanidine groups is 1. The number of nitrogens with one attached hydrogen (secondary N) is 2. The second-order valence-electron chi connectivity index (χ2n) is 8.00. The van der Waals surface area contributed by atoms with Crippen LogP contribution in [0.25, 0.3) is 0 Å². The van der Waals surface area contributed by atoms with Crippen molar-refractivity contribution in [1.82, 2.24) is 25.4 Å². The number of aromatic nitrogens is 3. The zero-order valence-corrected chi connectivity index (χ0v) is 21.9. The summed E-state index contributed by atoms with van der Waals surface area (Å²) in [6, 6.07) is 9.04. The second-order valence-corrected chi connectivity index (χ2v) is 8.00. The molecule has 0 bridgehead atoms. The van der Waals surface area contributed by atoms with Crippen molar-refractivity contribution in [3.63, 3.8) is 0 Å². The van der Waals surface area contributed by atoms with Gasteiger partial charge in [0.05, 0.1) is 6.04 Å². The summed E-state index contributed by atoms with van der Waals surface area (Å²) in [5.74, 6) is 2.48. The van der Waals surface area contributed by atoms with Gasteiger partial charge in [-0.25, -0.2) is 0 Å². The maximum Gasteiger partial charge on any atom is 0.191 e. The predicted octanol–water partition coefficient (Wildman–Crippen LogP) is 3.99. The number of hydrogen-bond donors (Lipinski definition) is 2. The largest absolute Gasteiger partial charge is 0.385 e. The molecule has 2 N–H and O–H groups in total. The molecule has 0 aliphatic carbocycles. The highest BCUT2D eigenvalue weighted by Crippen LogP contribution is 2.15. The van der Waals surface area contributed by atoms with E-state index in [1.807, 2.05) is 0 Å². The summed E-state index contributed by atoms with van der Waals surface area (Å²) in [5.41, 5.74) is 2.63. The number of aryl methyl sites for hydroxylation is 1. The molecule has 2 rings (SSSR count). The first kappa shape index (κ1) is 27.4. The highest BCUT2D eigenvalue weighted by molar-refractivity contribution is 14.0. The number of halogens is 1. The van der Waals surface area contributed by atoms with E-state index in [1.54, 1.807) is 13.4 Å². The fraction of sp³-hybridized carbons (Fsp3) is 0.609. The third-order valence-electron chi connectivity index (χ3n) is 4.91. The van der Waals surface area contributed by atoms with Gasteiger partial charge in [0.15, 0.2) is 5.96 Å². The Kier molecular flexibility index (Phi) is 13.4. The van der Waals surface area contributed by atoms with E-state index in [-0.39, 0.29) is 30.0 Å². The Hall–Kier alpha value is -1.68. The molecule has 0 aliphatic heterocycles. The Morgan fingerprint density at radius 2 is 1.94 bits per heavy atom. The molecule has 0 spiro atoms. The number of ether oxygens (including phenoxy) is 1. The van der Waals surface area contributed by atoms with E-state index in [0.717, 1.165) is 50.7 Å². The molecule has 1 unspecified atom stereocenters. The van der Waals surface area contributed by atoms with Crippen LogP contribution in [0, 0.1) is 5.92 Å². The van der Waals surface area contributed by atoms with Crippen molar-refractivity contribution in [2.24, 2.45) is 10.9 Å². The van der Waals surface area contributed by atoms with Crippen LogP contribution in [0.1, 0.15) is 57.1 Å². The second kappa shape index (κ2) is 15.2. The third-order valence-corrected chi connectivity index (χ3v) is 4.91. The summed E-state index contributed by atoms with van der Waals surface area (Å²) in [7, 11) is 1.72. The van der Waals surface area contributed by atoms with Crippen LogP contribution in [0.2, 0.25) is 0 Å². The molecule has 2 aromatic rings. The molecule has 0 saturated heterocycles. The van der Waals surface area contributed by atoms with E-state index < -0.39 is 0 Å². The lowest BCUT2D eigenvalue weighted by atomic mass is 10.00. The fourth-order valence-corrected chi connectivity index (χ4v) is 3.29. The molecular weight excluding hydrogens is 503 g/mol. The van der Waals surface area contributed by atoms with E-state index >= 15 is 0 Å². The molecule has 0 saturated carbocycles. The Morgan fingerprint density at radius 3 is 2.58 bits per heavy atom. The van der Waals surface area contributed by atoms with Gasteiger partial charge >= 0.3 is 0 Å². The van der Waals surface area contributed by atoms with Gasteiger partial charge in [0.25, 0.3) is 0 Å². The van der Waals surface area contributed by atoms with Crippen molar-refractivity contribution in [3.8, 4) is 0 Å². The highest BCUT2D eigenvalue weighted by Gasteiger charge is 2.09. The number of aliphatic imine (C=N–C) groups is 1. The van der Waals surface area contributed by atoms with Crippen LogP contribution in [0.3, 0.4) is 0 Å². The zero-order chi connectivity index (χ0) is 21.8. The molecule has 1 aromatic carbocycles. The zero-order valence-electron chi connectivity index (χ0n) is 19.6. The maximum absolute atomic E-state index is 5.14. The smallest absolute Gasteiger partial charge is 0.191 e. The van der Waals surface area contributed by atoms with Gasteiger partial charge in [-0.3, -0.25) is 4.99 Å². The van der Waals surface area contributed by atoms with E-state index in [2.05, 4.69) is 77.4 Å². The van der Waals surface area contributed by atoms with E-state index in [4.69, 9.17) is 9.73 Å². The molecule has 8 heteroatoms. The van der Waals surface area contributed by atoms with Crippen molar-refractivity contribution in [2.75, 3.05) is 26.8 Å². The van der Waals surface area contributed by atoms with Crippen LogP contribution in [-0.4, -0.2) is 47.5 Å². The van der Waals surface area contributed by atoms with Crippen molar-refractivity contribution in [3.05, 3.63) is 47.5 Å². The quantitative estimate of drug-likeness (QED) is 0.184. The average molecular weight is 543 g/mol. The molecule has 7 nitrogen and oxygen atoms in total. The summed E-state index contributed by atoms with van der Waals surface area (Å²) in [4.78, 5) is 4.72. The molecule has 174 valence electrons. The topological polar surface area (TPSA) is 76.4 Å². The highest BCUT2D eigenvalue weighted by atomic mass is 127. The van der Waals surface area contributed by atoms with Gasteiger partial charge in [0.1, 0.15) is 12.2 Å².